The van der Waals surface area contributed by atoms with Crippen LogP contribution in [-0.4, -0.2) is 98.3 Å². The van der Waals surface area contributed by atoms with Crippen LogP contribution >= 0.6 is 7.82 Å². The maximum Gasteiger partial charge on any atom is 0.472 e. The molecule has 0 spiro atoms. The van der Waals surface area contributed by atoms with Crippen molar-refractivity contribution < 1.29 is 63.1 Å². The molecule has 0 aliphatic heterocycles. The van der Waals surface area contributed by atoms with E-state index in [9.17, 15) is 44.6 Å². The molecule has 0 heterocycles. The van der Waals surface area contributed by atoms with Gasteiger partial charge >= 0.3 is 19.8 Å². The number of phosphoric acid groups is 1. The Morgan fingerprint density at radius 1 is 0.508 bits per heavy atom. The van der Waals surface area contributed by atoms with Crippen molar-refractivity contribution in [3.05, 3.63) is 24.3 Å². The third kappa shape index (κ3) is 30.2. The van der Waals surface area contributed by atoms with Crippen molar-refractivity contribution in [3.63, 3.8) is 0 Å². The molecule has 0 aromatic carbocycles. The fourth-order valence-electron chi connectivity index (χ4n) is 7.38. The number of aliphatic hydroxyl groups is 5. The zero-order valence-electron chi connectivity index (χ0n) is 38.0. The summed E-state index contributed by atoms with van der Waals surface area (Å²) >= 11 is 0. The molecule has 1 aliphatic rings. The summed E-state index contributed by atoms with van der Waals surface area (Å²) in [5.41, 5.74) is 0. The number of carbonyl (C=O) groups is 2. The SMILES string of the molecule is CCCCC/C=C\C/C=C\CCCCCCCCCC(=O)OC(COC(=O)CCCCCCCCCCCCCCCCC)COP(=O)(O)OC1C(O)C(O)C(O)C(O)C1O. The first-order chi connectivity index (χ1) is 29.4. The highest BCUT2D eigenvalue weighted by molar-refractivity contribution is 7.47. The number of aliphatic hydroxyl groups excluding tert-OH is 5. The summed E-state index contributed by atoms with van der Waals surface area (Å²) in [5, 5.41) is 50.2. The third-order valence-corrected chi connectivity index (χ3v) is 12.3. The van der Waals surface area contributed by atoms with Crippen molar-refractivity contribution in [1.29, 1.82) is 0 Å². The number of hydrogen-bond donors (Lipinski definition) is 6. The van der Waals surface area contributed by atoms with E-state index in [-0.39, 0.29) is 12.8 Å². The predicted molar refractivity (Wildman–Crippen MR) is 240 cm³/mol. The Morgan fingerprint density at radius 2 is 0.885 bits per heavy atom. The van der Waals surface area contributed by atoms with Crippen LogP contribution in [0.4, 0.5) is 0 Å². The van der Waals surface area contributed by atoms with Crippen molar-refractivity contribution in [1.82, 2.24) is 0 Å². The zero-order valence-corrected chi connectivity index (χ0v) is 38.9. The van der Waals surface area contributed by atoms with Gasteiger partial charge in [-0.15, -0.1) is 0 Å². The van der Waals surface area contributed by atoms with E-state index in [1.54, 1.807) is 0 Å². The zero-order chi connectivity index (χ0) is 45.0. The van der Waals surface area contributed by atoms with Gasteiger partial charge in [0.15, 0.2) is 6.10 Å². The lowest BCUT2D eigenvalue weighted by atomic mass is 9.85. The molecule has 1 rings (SSSR count). The number of rotatable bonds is 40. The molecule has 6 N–H and O–H groups in total. The first kappa shape index (κ1) is 57.3. The molecular weight excluding hydrogens is 803 g/mol. The van der Waals surface area contributed by atoms with E-state index in [1.807, 2.05) is 0 Å². The Kier molecular flexibility index (Phi) is 35.4. The van der Waals surface area contributed by atoms with Gasteiger partial charge in [-0.05, 0) is 44.9 Å². The maximum atomic E-state index is 12.8. The number of carbonyl (C=O) groups excluding carboxylic acids is 2. The average molecular weight is 891 g/mol. The van der Waals surface area contributed by atoms with Crippen LogP contribution in [0.15, 0.2) is 24.3 Å². The molecule has 0 amide bonds. The highest BCUT2D eigenvalue weighted by Gasteiger charge is 2.51. The number of allylic oxidation sites excluding steroid dienone is 4. The number of unbranched alkanes of at least 4 members (excludes halogenated alkanes) is 24. The van der Waals surface area contributed by atoms with Crippen LogP contribution in [0.5, 0.6) is 0 Å². The molecule has 6 unspecified atom stereocenters. The lowest BCUT2D eigenvalue weighted by Gasteiger charge is -2.41. The molecule has 61 heavy (non-hydrogen) atoms. The normalized spacial score (nSPS) is 22.2. The van der Waals surface area contributed by atoms with E-state index in [2.05, 4.69) is 38.2 Å². The van der Waals surface area contributed by atoms with Gasteiger partial charge in [0.05, 0.1) is 6.61 Å². The van der Waals surface area contributed by atoms with Gasteiger partial charge in [0.25, 0.3) is 0 Å². The van der Waals surface area contributed by atoms with E-state index >= 15 is 0 Å². The van der Waals surface area contributed by atoms with Crippen LogP contribution in [0, 0.1) is 0 Å². The van der Waals surface area contributed by atoms with E-state index < -0.39 is 75.7 Å². The lowest BCUT2D eigenvalue weighted by molar-refractivity contribution is -0.220. The highest BCUT2D eigenvalue weighted by atomic mass is 31.2. The summed E-state index contributed by atoms with van der Waals surface area (Å²) < 4.78 is 33.6. The van der Waals surface area contributed by atoms with Gasteiger partial charge in [0, 0.05) is 12.8 Å². The van der Waals surface area contributed by atoms with Crippen LogP contribution in [-0.2, 0) is 32.7 Å². The van der Waals surface area contributed by atoms with Gasteiger partial charge in [-0.1, -0.05) is 173 Å². The molecule has 6 atom stereocenters. The van der Waals surface area contributed by atoms with E-state index in [0.29, 0.717) is 12.8 Å². The lowest BCUT2D eigenvalue weighted by Crippen LogP contribution is -2.64. The molecule has 1 fully saturated rings. The van der Waals surface area contributed by atoms with Gasteiger partial charge in [0.2, 0.25) is 0 Å². The minimum Gasteiger partial charge on any atom is -0.462 e. The first-order valence-electron chi connectivity index (χ1n) is 24.1. The largest absolute Gasteiger partial charge is 0.472 e. The molecule has 1 aliphatic carbocycles. The molecule has 0 aromatic rings. The molecule has 1 saturated carbocycles. The van der Waals surface area contributed by atoms with Gasteiger partial charge in [-0.25, -0.2) is 4.57 Å². The van der Waals surface area contributed by atoms with Crippen LogP contribution in [0.25, 0.3) is 0 Å². The molecule has 14 heteroatoms. The van der Waals surface area contributed by atoms with Crippen molar-refractivity contribution >= 4 is 19.8 Å². The van der Waals surface area contributed by atoms with Crippen molar-refractivity contribution in [2.45, 2.75) is 249 Å². The standard InChI is InChI=1S/C47H87O13P/c1-3-5-7-9-11-13-15-17-19-20-22-24-26-28-30-32-34-36-41(49)59-39(38-58-61(55,56)60-47-45(53)43(51)42(50)44(52)46(47)54)37-57-40(48)35-33-31-29-27-25-23-21-18-16-14-12-10-8-6-4-2/h11,13,17,19,39,42-47,50-54H,3-10,12,14-16,18,20-38H2,1-2H3,(H,55,56)/b13-11-,19-17-. The number of esters is 2. The molecule has 0 radical (unpaired) electrons. The Balaban J connectivity index is 2.44. The Bertz CT molecular complexity index is 1170. The summed E-state index contributed by atoms with van der Waals surface area (Å²) in [5.74, 6) is -1.10. The van der Waals surface area contributed by atoms with Crippen molar-refractivity contribution in [2.24, 2.45) is 0 Å². The number of phosphoric ester groups is 1. The Morgan fingerprint density at radius 3 is 1.36 bits per heavy atom. The second-order valence-electron chi connectivity index (χ2n) is 17.0. The molecule has 0 bridgehead atoms. The fraction of sp³-hybridized carbons (Fsp3) is 0.872. The second-order valence-corrected chi connectivity index (χ2v) is 18.4. The topological polar surface area (TPSA) is 210 Å². The van der Waals surface area contributed by atoms with Crippen LogP contribution < -0.4 is 0 Å². The Labute approximate surface area is 368 Å². The van der Waals surface area contributed by atoms with Crippen LogP contribution in [0.2, 0.25) is 0 Å². The van der Waals surface area contributed by atoms with E-state index in [0.717, 1.165) is 77.0 Å². The summed E-state index contributed by atoms with van der Waals surface area (Å²) in [6, 6.07) is 0. The highest BCUT2D eigenvalue weighted by Crippen LogP contribution is 2.47. The van der Waals surface area contributed by atoms with Gasteiger partial charge in [-0.2, -0.15) is 0 Å². The summed E-state index contributed by atoms with van der Waals surface area (Å²) in [4.78, 5) is 35.7. The van der Waals surface area contributed by atoms with E-state index in [4.69, 9.17) is 18.5 Å². The van der Waals surface area contributed by atoms with Gasteiger partial charge in [0.1, 0.15) is 43.2 Å². The summed E-state index contributed by atoms with van der Waals surface area (Å²) in [6.07, 6.45) is 27.9. The molecular formula is C47H87O13P. The predicted octanol–water partition coefficient (Wildman–Crippen LogP) is 9.62. The van der Waals surface area contributed by atoms with Crippen molar-refractivity contribution in [3.8, 4) is 0 Å². The quantitative estimate of drug-likeness (QED) is 0.0147. The monoisotopic (exact) mass is 891 g/mol. The fourth-order valence-corrected chi connectivity index (χ4v) is 8.35. The second kappa shape index (κ2) is 37.7. The summed E-state index contributed by atoms with van der Waals surface area (Å²) in [6.45, 7) is 3.29. The first-order valence-corrected chi connectivity index (χ1v) is 25.6. The molecule has 0 aromatic heterocycles. The Hall–Kier alpha value is -1.67. The van der Waals surface area contributed by atoms with Gasteiger partial charge < -0.3 is 39.9 Å². The average Bonchev–Trinajstić information content (AvgIpc) is 3.24. The van der Waals surface area contributed by atoms with Crippen LogP contribution in [0.1, 0.15) is 206 Å². The minimum atomic E-state index is -5.12. The smallest absolute Gasteiger partial charge is 0.462 e. The van der Waals surface area contributed by atoms with E-state index in [1.165, 1.54) is 89.9 Å². The third-order valence-electron chi connectivity index (χ3n) is 11.3. The summed E-state index contributed by atoms with van der Waals surface area (Å²) in [7, 11) is -5.12. The molecule has 358 valence electrons. The minimum absolute atomic E-state index is 0.0905. The number of hydrogen-bond acceptors (Lipinski definition) is 12. The number of ether oxygens (including phenoxy) is 2. The van der Waals surface area contributed by atoms with Crippen molar-refractivity contribution in [2.75, 3.05) is 13.2 Å². The molecule has 13 nitrogen and oxygen atoms in total. The molecule has 0 saturated heterocycles. The van der Waals surface area contributed by atoms with Crippen LogP contribution in [0.3, 0.4) is 0 Å². The maximum absolute atomic E-state index is 12.8. The van der Waals surface area contributed by atoms with Gasteiger partial charge in [-0.3, -0.25) is 18.6 Å².